The van der Waals surface area contributed by atoms with Gasteiger partial charge in [0.25, 0.3) is 5.91 Å². The minimum atomic E-state index is -0.413. The molecule has 0 atom stereocenters. The fraction of sp³-hybridized carbons (Fsp3) is 0.167. The van der Waals surface area contributed by atoms with Crippen LogP contribution in [0.1, 0.15) is 18.6 Å². The predicted octanol–water partition coefficient (Wildman–Crippen LogP) is 4.04. The van der Waals surface area contributed by atoms with Crippen LogP contribution in [-0.4, -0.2) is 27.6 Å². The van der Waals surface area contributed by atoms with Gasteiger partial charge in [-0.15, -0.1) is 0 Å². The number of benzene rings is 1. The molecule has 3 rings (SSSR count). The summed E-state index contributed by atoms with van der Waals surface area (Å²) in [5.74, 6) is -0.266. The lowest BCUT2D eigenvalue weighted by Crippen LogP contribution is -2.29. The molecule has 0 bridgehead atoms. The van der Waals surface area contributed by atoms with E-state index in [0.29, 0.717) is 33.6 Å². The molecule has 2 amide bonds. The van der Waals surface area contributed by atoms with Crippen LogP contribution in [-0.2, 0) is 9.59 Å². The van der Waals surface area contributed by atoms with Gasteiger partial charge in [-0.2, -0.15) is 0 Å². The van der Waals surface area contributed by atoms with E-state index in [1.165, 1.54) is 41.1 Å². The third-order valence-corrected chi connectivity index (χ3v) is 4.96. The fourth-order valence-corrected chi connectivity index (χ4v) is 3.67. The SMILES string of the molecule is O=C(CCCN1C(=O)C(=Cc2ccco2)SC1=S)Nc1cccc(F)c1. The predicted molar refractivity (Wildman–Crippen MR) is 103 cm³/mol. The molecule has 1 aromatic heterocycles. The number of carbonyl (C=O) groups is 2. The number of rotatable bonds is 6. The Bertz CT molecular complexity index is 865. The first-order valence-electron chi connectivity index (χ1n) is 7.87. The van der Waals surface area contributed by atoms with Gasteiger partial charge in [-0.1, -0.05) is 30.0 Å². The molecule has 0 unspecified atom stereocenters. The molecule has 134 valence electrons. The molecule has 8 heteroatoms. The quantitative estimate of drug-likeness (QED) is 0.596. The van der Waals surface area contributed by atoms with Gasteiger partial charge in [-0.25, -0.2) is 4.39 Å². The van der Waals surface area contributed by atoms with E-state index in [9.17, 15) is 14.0 Å². The van der Waals surface area contributed by atoms with E-state index in [-0.39, 0.29) is 18.2 Å². The van der Waals surface area contributed by atoms with Gasteiger partial charge in [0.05, 0.1) is 11.2 Å². The van der Waals surface area contributed by atoms with Crippen molar-refractivity contribution >= 4 is 51.9 Å². The largest absolute Gasteiger partial charge is 0.465 e. The maximum atomic E-state index is 13.1. The summed E-state index contributed by atoms with van der Waals surface area (Å²) in [4.78, 5) is 26.3. The van der Waals surface area contributed by atoms with Crippen molar-refractivity contribution in [3.05, 3.63) is 59.1 Å². The highest BCUT2D eigenvalue weighted by atomic mass is 32.2. The number of thioether (sulfide) groups is 1. The summed E-state index contributed by atoms with van der Waals surface area (Å²) in [6.07, 6.45) is 3.83. The molecular weight excluding hydrogens is 375 g/mol. The highest BCUT2D eigenvalue weighted by Crippen LogP contribution is 2.32. The van der Waals surface area contributed by atoms with Crippen molar-refractivity contribution in [1.82, 2.24) is 4.90 Å². The van der Waals surface area contributed by atoms with E-state index in [0.717, 1.165) is 0 Å². The molecule has 0 radical (unpaired) electrons. The number of amides is 2. The molecule has 1 fully saturated rings. The summed E-state index contributed by atoms with van der Waals surface area (Å²) in [5, 5.41) is 2.62. The smallest absolute Gasteiger partial charge is 0.266 e. The average molecular weight is 390 g/mol. The minimum Gasteiger partial charge on any atom is -0.465 e. The third kappa shape index (κ3) is 4.59. The lowest BCUT2D eigenvalue weighted by Gasteiger charge is -2.14. The summed E-state index contributed by atoms with van der Waals surface area (Å²) in [5.41, 5.74) is 0.405. The molecule has 2 aromatic rings. The third-order valence-electron chi connectivity index (χ3n) is 3.58. The van der Waals surface area contributed by atoms with Crippen LogP contribution in [0.5, 0.6) is 0 Å². The Morgan fingerprint density at radius 3 is 2.92 bits per heavy atom. The number of anilines is 1. The lowest BCUT2D eigenvalue weighted by atomic mass is 10.2. The van der Waals surface area contributed by atoms with Crippen molar-refractivity contribution in [1.29, 1.82) is 0 Å². The van der Waals surface area contributed by atoms with Crippen molar-refractivity contribution in [3.8, 4) is 0 Å². The number of nitrogens with zero attached hydrogens (tertiary/aromatic N) is 1. The fourth-order valence-electron chi connectivity index (χ4n) is 2.38. The number of hydrogen-bond acceptors (Lipinski definition) is 5. The van der Waals surface area contributed by atoms with Crippen LogP contribution < -0.4 is 5.32 Å². The van der Waals surface area contributed by atoms with Crippen molar-refractivity contribution < 1.29 is 18.4 Å². The standard InChI is InChI=1S/C18H15FN2O3S2/c19-12-4-1-5-13(10-12)20-16(22)7-2-8-21-17(23)15(26-18(21)25)11-14-6-3-9-24-14/h1,3-6,9-11H,2,7-8H2,(H,20,22). The zero-order valence-corrected chi connectivity index (χ0v) is 15.2. The summed E-state index contributed by atoms with van der Waals surface area (Å²) < 4.78 is 18.8. The first kappa shape index (κ1) is 18.3. The van der Waals surface area contributed by atoms with Crippen molar-refractivity contribution in [2.75, 3.05) is 11.9 Å². The molecular formula is C18H15FN2O3S2. The van der Waals surface area contributed by atoms with Gasteiger partial charge in [-0.05, 0) is 36.8 Å². The highest BCUT2D eigenvalue weighted by Gasteiger charge is 2.31. The van der Waals surface area contributed by atoms with Gasteiger partial charge in [0.15, 0.2) is 0 Å². The minimum absolute atomic E-state index is 0.193. The van der Waals surface area contributed by atoms with Gasteiger partial charge >= 0.3 is 0 Å². The first-order chi connectivity index (χ1) is 12.5. The highest BCUT2D eigenvalue weighted by molar-refractivity contribution is 8.26. The lowest BCUT2D eigenvalue weighted by molar-refractivity contribution is -0.122. The second-order valence-corrected chi connectivity index (χ2v) is 7.19. The monoisotopic (exact) mass is 390 g/mol. The molecule has 1 saturated heterocycles. The van der Waals surface area contributed by atoms with Gasteiger partial charge in [0, 0.05) is 24.7 Å². The zero-order valence-electron chi connectivity index (χ0n) is 13.6. The number of hydrogen-bond donors (Lipinski definition) is 1. The normalized spacial score (nSPS) is 15.7. The zero-order chi connectivity index (χ0) is 18.5. The maximum Gasteiger partial charge on any atom is 0.266 e. The summed E-state index contributed by atoms with van der Waals surface area (Å²) in [6.45, 7) is 0.344. The van der Waals surface area contributed by atoms with Crippen LogP contribution in [0.3, 0.4) is 0 Å². The second kappa shape index (κ2) is 8.29. The molecule has 1 N–H and O–H groups in total. The second-order valence-electron chi connectivity index (χ2n) is 5.51. The summed E-state index contributed by atoms with van der Waals surface area (Å²) in [6, 6.07) is 9.19. The van der Waals surface area contributed by atoms with Gasteiger partial charge in [-0.3, -0.25) is 14.5 Å². The van der Waals surface area contributed by atoms with Crippen LogP contribution in [0.15, 0.2) is 52.0 Å². The van der Waals surface area contributed by atoms with Crippen LogP contribution in [0.25, 0.3) is 6.08 Å². The van der Waals surface area contributed by atoms with E-state index in [1.54, 1.807) is 24.3 Å². The molecule has 0 saturated carbocycles. The molecule has 0 spiro atoms. The van der Waals surface area contributed by atoms with Crippen LogP contribution in [0, 0.1) is 5.82 Å². The van der Waals surface area contributed by atoms with Gasteiger partial charge < -0.3 is 9.73 Å². The van der Waals surface area contributed by atoms with Gasteiger partial charge in [0.2, 0.25) is 5.91 Å². The van der Waals surface area contributed by atoms with Crippen molar-refractivity contribution in [3.63, 3.8) is 0 Å². The van der Waals surface area contributed by atoms with E-state index in [4.69, 9.17) is 16.6 Å². The van der Waals surface area contributed by atoms with Crippen LogP contribution in [0.2, 0.25) is 0 Å². The Labute approximate surface area is 159 Å². The first-order valence-corrected chi connectivity index (χ1v) is 9.10. The Kier molecular flexibility index (Phi) is 5.85. The van der Waals surface area contributed by atoms with E-state index < -0.39 is 5.82 Å². The van der Waals surface area contributed by atoms with Crippen molar-refractivity contribution in [2.24, 2.45) is 0 Å². The Morgan fingerprint density at radius 1 is 1.35 bits per heavy atom. The number of nitrogens with one attached hydrogen (secondary N) is 1. The van der Waals surface area contributed by atoms with Crippen molar-refractivity contribution in [2.45, 2.75) is 12.8 Å². The van der Waals surface area contributed by atoms with E-state index >= 15 is 0 Å². The Balaban J connectivity index is 1.51. The number of thiocarbonyl (C=S) groups is 1. The molecule has 0 aliphatic carbocycles. The Morgan fingerprint density at radius 2 is 2.19 bits per heavy atom. The molecule has 2 heterocycles. The maximum absolute atomic E-state index is 13.1. The van der Waals surface area contributed by atoms with E-state index in [2.05, 4.69) is 5.32 Å². The molecule has 1 aliphatic rings. The number of furan rings is 1. The van der Waals surface area contributed by atoms with Crippen LogP contribution in [0.4, 0.5) is 10.1 Å². The molecule has 5 nitrogen and oxygen atoms in total. The molecule has 26 heavy (non-hydrogen) atoms. The number of halogens is 1. The van der Waals surface area contributed by atoms with E-state index in [1.807, 2.05) is 0 Å². The average Bonchev–Trinajstić information content (AvgIpc) is 3.19. The molecule has 1 aromatic carbocycles. The number of carbonyl (C=O) groups excluding carboxylic acids is 2. The summed E-state index contributed by atoms with van der Waals surface area (Å²) >= 11 is 6.45. The topological polar surface area (TPSA) is 62.6 Å². The Hall–Kier alpha value is -2.45. The van der Waals surface area contributed by atoms with Gasteiger partial charge in [0.1, 0.15) is 15.9 Å². The summed E-state index contributed by atoms with van der Waals surface area (Å²) in [7, 11) is 0. The molecule has 1 aliphatic heterocycles. The van der Waals surface area contributed by atoms with Crippen LogP contribution >= 0.6 is 24.0 Å².